The van der Waals surface area contributed by atoms with Crippen LogP contribution in [-0.4, -0.2) is 61.8 Å². The normalized spacial score (nSPS) is 15.6. The zero-order valence-corrected chi connectivity index (χ0v) is 16.2. The molecule has 1 aliphatic heterocycles. The molecule has 0 bridgehead atoms. The Kier molecular flexibility index (Phi) is 4.43. The molecule has 0 unspecified atom stereocenters. The smallest absolute Gasteiger partial charge is 0.254 e. The molecule has 142 valence electrons. The van der Waals surface area contributed by atoms with E-state index in [9.17, 15) is 4.79 Å². The number of fused-ring (bicyclic) bond motifs is 1. The first-order valence-corrected chi connectivity index (χ1v) is 9.17. The highest BCUT2D eigenvalue weighted by molar-refractivity contribution is 6.06. The fourth-order valence-corrected chi connectivity index (χ4v) is 3.73. The van der Waals surface area contributed by atoms with Crippen LogP contribution in [0.2, 0.25) is 0 Å². The van der Waals surface area contributed by atoms with Crippen molar-refractivity contribution in [3.05, 3.63) is 40.5 Å². The van der Waals surface area contributed by atoms with Gasteiger partial charge in [-0.3, -0.25) is 14.4 Å². The molecule has 1 amide bonds. The highest BCUT2D eigenvalue weighted by atomic mass is 16.5. The maximum Gasteiger partial charge on any atom is 0.254 e. The Morgan fingerprint density at radius 3 is 2.52 bits per heavy atom. The van der Waals surface area contributed by atoms with Gasteiger partial charge in [-0.2, -0.15) is 5.10 Å². The van der Waals surface area contributed by atoms with Crippen molar-refractivity contribution in [2.75, 3.05) is 26.2 Å². The lowest BCUT2D eigenvalue weighted by Gasteiger charge is -2.34. The molecule has 0 aromatic carbocycles. The molecule has 0 aliphatic carbocycles. The maximum atomic E-state index is 13.2. The SMILES string of the molecule is Cc1cc(CN2CCN(C(=O)c3cc(C)nc4c3c(C)nn4C)CC2)on1. The summed E-state index contributed by atoms with van der Waals surface area (Å²) in [4.78, 5) is 22.0. The average Bonchev–Trinajstić information content (AvgIpc) is 3.17. The first kappa shape index (κ1) is 17.7. The maximum absolute atomic E-state index is 13.2. The number of aryl methyl sites for hydroxylation is 4. The number of aromatic nitrogens is 4. The monoisotopic (exact) mass is 368 g/mol. The summed E-state index contributed by atoms with van der Waals surface area (Å²) in [5.74, 6) is 0.918. The molecule has 3 aromatic rings. The molecule has 0 radical (unpaired) electrons. The van der Waals surface area contributed by atoms with Gasteiger partial charge in [-0.15, -0.1) is 0 Å². The predicted octanol–water partition coefficient (Wildman–Crippen LogP) is 1.84. The van der Waals surface area contributed by atoms with E-state index in [1.54, 1.807) is 4.68 Å². The minimum absolute atomic E-state index is 0.0526. The highest BCUT2D eigenvalue weighted by Crippen LogP contribution is 2.23. The second-order valence-corrected chi connectivity index (χ2v) is 7.22. The van der Waals surface area contributed by atoms with Gasteiger partial charge in [-0.25, -0.2) is 4.98 Å². The second-order valence-electron chi connectivity index (χ2n) is 7.22. The van der Waals surface area contributed by atoms with Gasteiger partial charge in [-0.05, 0) is 26.8 Å². The summed E-state index contributed by atoms with van der Waals surface area (Å²) in [6, 6.07) is 3.84. The zero-order valence-electron chi connectivity index (χ0n) is 16.2. The van der Waals surface area contributed by atoms with Gasteiger partial charge >= 0.3 is 0 Å². The Labute approximate surface area is 157 Å². The lowest BCUT2D eigenvalue weighted by Crippen LogP contribution is -2.48. The van der Waals surface area contributed by atoms with Crippen molar-refractivity contribution in [1.29, 1.82) is 0 Å². The van der Waals surface area contributed by atoms with Crippen LogP contribution < -0.4 is 0 Å². The molecule has 4 rings (SSSR count). The number of rotatable bonds is 3. The molecule has 1 saturated heterocycles. The first-order valence-electron chi connectivity index (χ1n) is 9.17. The van der Waals surface area contributed by atoms with Gasteiger partial charge in [0.1, 0.15) is 0 Å². The largest absolute Gasteiger partial charge is 0.360 e. The number of carbonyl (C=O) groups excluding carboxylic acids is 1. The summed E-state index contributed by atoms with van der Waals surface area (Å²) < 4.78 is 7.04. The van der Waals surface area contributed by atoms with E-state index in [0.29, 0.717) is 18.7 Å². The summed E-state index contributed by atoms with van der Waals surface area (Å²) in [7, 11) is 1.86. The highest BCUT2D eigenvalue weighted by Gasteiger charge is 2.26. The van der Waals surface area contributed by atoms with Crippen LogP contribution in [-0.2, 0) is 13.6 Å². The van der Waals surface area contributed by atoms with Crippen LogP contribution in [0.1, 0.15) is 33.2 Å². The standard InChI is InChI=1S/C19H24N6O2/c1-12-10-16(17-14(3)21-23(4)18(17)20-12)19(26)25-7-5-24(6-8-25)11-15-9-13(2)22-27-15/h9-10H,5-8,11H2,1-4H3. The first-order chi connectivity index (χ1) is 12.9. The Hall–Kier alpha value is -2.74. The molecule has 27 heavy (non-hydrogen) atoms. The third kappa shape index (κ3) is 3.32. The second kappa shape index (κ2) is 6.77. The minimum atomic E-state index is 0.0526. The number of nitrogens with zero attached hydrogens (tertiary/aromatic N) is 6. The summed E-state index contributed by atoms with van der Waals surface area (Å²) in [6.45, 7) is 9.48. The fourth-order valence-electron chi connectivity index (χ4n) is 3.73. The molecule has 1 aliphatic rings. The van der Waals surface area contributed by atoms with Gasteiger partial charge in [0.05, 0.1) is 28.9 Å². The van der Waals surface area contributed by atoms with Gasteiger partial charge in [0.15, 0.2) is 11.4 Å². The van der Waals surface area contributed by atoms with E-state index in [4.69, 9.17) is 4.52 Å². The van der Waals surface area contributed by atoms with Crippen molar-refractivity contribution in [2.45, 2.75) is 27.3 Å². The average molecular weight is 368 g/mol. The Morgan fingerprint density at radius 2 is 1.85 bits per heavy atom. The molecule has 0 N–H and O–H groups in total. The third-order valence-corrected chi connectivity index (χ3v) is 5.04. The summed E-state index contributed by atoms with van der Waals surface area (Å²) in [5, 5.41) is 9.23. The van der Waals surface area contributed by atoms with Gasteiger partial charge in [-0.1, -0.05) is 5.16 Å². The lowest BCUT2D eigenvalue weighted by molar-refractivity contribution is 0.0619. The number of piperazine rings is 1. The topological polar surface area (TPSA) is 80.3 Å². The number of pyridine rings is 1. The van der Waals surface area contributed by atoms with Crippen molar-refractivity contribution in [2.24, 2.45) is 7.05 Å². The summed E-state index contributed by atoms with van der Waals surface area (Å²) >= 11 is 0. The minimum Gasteiger partial charge on any atom is -0.360 e. The molecule has 0 spiro atoms. The molecule has 3 aromatic heterocycles. The van der Waals surface area contributed by atoms with Crippen molar-refractivity contribution in [3.63, 3.8) is 0 Å². The quantitative estimate of drug-likeness (QED) is 0.702. The van der Waals surface area contributed by atoms with Crippen LogP contribution in [0, 0.1) is 20.8 Å². The van der Waals surface area contributed by atoms with Crippen LogP contribution in [0.25, 0.3) is 11.0 Å². The van der Waals surface area contributed by atoms with E-state index >= 15 is 0 Å². The van der Waals surface area contributed by atoms with Crippen molar-refractivity contribution in [3.8, 4) is 0 Å². The third-order valence-electron chi connectivity index (χ3n) is 5.04. The number of hydrogen-bond acceptors (Lipinski definition) is 6. The van der Waals surface area contributed by atoms with Gasteiger partial charge in [0.25, 0.3) is 5.91 Å². The zero-order chi connectivity index (χ0) is 19.1. The predicted molar refractivity (Wildman–Crippen MR) is 100 cm³/mol. The Morgan fingerprint density at radius 1 is 1.11 bits per heavy atom. The molecule has 4 heterocycles. The van der Waals surface area contributed by atoms with Gasteiger partial charge in [0.2, 0.25) is 0 Å². The van der Waals surface area contributed by atoms with E-state index in [1.165, 1.54) is 0 Å². The number of carbonyl (C=O) groups is 1. The van der Waals surface area contributed by atoms with Crippen LogP contribution >= 0.6 is 0 Å². The van der Waals surface area contributed by atoms with Crippen molar-refractivity contribution >= 4 is 16.9 Å². The van der Waals surface area contributed by atoms with E-state index in [1.807, 2.05) is 44.9 Å². The molecular formula is C19H24N6O2. The number of amides is 1. The molecule has 0 atom stereocenters. The van der Waals surface area contributed by atoms with Gasteiger partial charge in [0, 0.05) is 45.0 Å². The van der Waals surface area contributed by atoms with Crippen molar-refractivity contribution in [1.82, 2.24) is 29.7 Å². The fraction of sp³-hybridized carbons (Fsp3) is 0.474. The van der Waals surface area contributed by atoms with Crippen LogP contribution in [0.4, 0.5) is 0 Å². The molecule has 8 nitrogen and oxygen atoms in total. The van der Waals surface area contributed by atoms with E-state index in [2.05, 4.69) is 20.1 Å². The Bertz CT molecular complexity index is 997. The number of hydrogen-bond donors (Lipinski definition) is 0. The molecule has 1 fully saturated rings. The van der Waals surface area contributed by atoms with Crippen LogP contribution in [0.5, 0.6) is 0 Å². The summed E-state index contributed by atoms with van der Waals surface area (Å²) in [5.41, 5.74) is 4.01. The molecule has 0 saturated carbocycles. The lowest BCUT2D eigenvalue weighted by atomic mass is 10.1. The van der Waals surface area contributed by atoms with E-state index < -0.39 is 0 Å². The van der Waals surface area contributed by atoms with E-state index in [0.717, 1.165) is 53.5 Å². The van der Waals surface area contributed by atoms with Gasteiger partial charge < -0.3 is 9.42 Å². The van der Waals surface area contributed by atoms with Crippen LogP contribution in [0.3, 0.4) is 0 Å². The van der Waals surface area contributed by atoms with E-state index in [-0.39, 0.29) is 5.91 Å². The van der Waals surface area contributed by atoms with Crippen LogP contribution in [0.15, 0.2) is 16.7 Å². The van der Waals surface area contributed by atoms with Crippen molar-refractivity contribution < 1.29 is 9.32 Å². The molecular weight excluding hydrogens is 344 g/mol. The summed E-state index contributed by atoms with van der Waals surface area (Å²) in [6.07, 6.45) is 0. The Balaban J connectivity index is 1.51. The molecule has 8 heteroatoms.